The van der Waals surface area contributed by atoms with Crippen LogP contribution in [-0.4, -0.2) is 49.0 Å². The Bertz CT molecular complexity index is 243. The maximum atomic E-state index is 9.61. The van der Waals surface area contributed by atoms with E-state index in [0.29, 0.717) is 0 Å². The van der Waals surface area contributed by atoms with Crippen molar-refractivity contribution in [2.24, 2.45) is 11.8 Å². The fourth-order valence-corrected chi connectivity index (χ4v) is 3.19. The zero-order valence-electron chi connectivity index (χ0n) is 13.3. The second-order valence-electron chi connectivity index (χ2n) is 6.72. The molecule has 0 unspecified atom stereocenters. The molecule has 1 aliphatic rings. The topological polar surface area (TPSA) is 32.7 Å². The lowest BCUT2D eigenvalue weighted by atomic mass is 9.79. The Balaban J connectivity index is 2.55. The average Bonchev–Trinajstić information content (AvgIpc) is 2.43. The molecule has 0 aromatic rings. The molecule has 0 aromatic heterocycles. The number of hydrogen-bond donors (Lipinski definition) is 1. The molecule has 0 bridgehead atoms. The minimum Gasteiger partial charge on any atom is -0.394 e. The molecule has 1 fully saturated rings. The molecule has 0 amide bonds. The highest BCUT2D eigenvalue weighted by atomic mass is 16.5. The van der Waals surface area contributed by atoms with Crippen LogP contribution in [0.25, 0.3) is 0 Å². The smallest absolute Gasteiger partial charge is 0.0610 e. The molecule has 1 N–H and O–H groups in total. The molecular formula is C16H33NO2. The minimum absolute atomic E-state index is 0.141. The first-order chi connectivity index (χ1) is 9.03. The van der Waals surface area contributed by atoms with Crippen LogP contribution in [0, 0.1) is 11.8 Å². The molecular weight excluding hydrogens is 238 g/mol. The number of ether oxygens (including phenoxy) is 1. The molecule has 3 nitrogen and oxygen atoms in total. The van der Waals surface area contributed by atoms with Crippen LogP contribution in [-0.2, 0) is 4.74 Å². The summed E-state index contributed by atoms with van der Waals surface area (Å²) >= 11 is 0. The highest BCUT2D eigenvalue weighted by molar-refractivity contribution is 4.84. The van der Waals surface area contributed by atoms with Crippen molar-refractivity contribution < 1.29 is 9.84 Å². The van der Waals surface area contributed by atoms with E-state index in [-0.39, 0.29) is 12.1 Å². The number of hydrogen-bond acceptors (Lipinski definition) is 3. The van der Waals surface area contributed by atoms with Crippen molar-refractivity contribution in [3.8, 4) is 0 Å². The first-order valence-corrected chi connectivity index (χ1v) is 7.88. The number of aliphatic hydroxyl groups is 1. The Morgan fingerprint density at radius 1 is 1.26 bits per heavy atom. The maximum Gasteiger partial charge on any atom is 0.0610 e. The van der Waals surface area contributed by atoms with Crippen LogP contribution in [0.4, 0.5) is 0 Å². The molecule has 1 aliphatic carbocycles. The van der Waals surface area contributed by atoms with Gasteiger partial charge in [0.1, 0.15) is 0 Å². The quantitative estimate of drug-likeness (QED) is 0.737. The van der Waals surface area contributed by atoms with Gasteiger partial charge in [0.2, 0.25) is 0 Å². The van der Waals surface area contributed by atoms with Gasteiger partial charge in [0.25, 0.3) is 0 Å². The van der Waals surface area contributed by atoms with Gasteiger partial charge in [-0.15, -0.1) is 0 Å². The summed E-state index contributed by atoms with van der Waals surface area (Å²) < 4.78 is 5.22. The van der Waals surface area contributed by atoms with Gasteiger partial charge >= 0.3 is 0 Å². The van der Waals surface area contributed by atoms with Crippen molar-refractivity contribution in [3.05, 3.63) is 0 Å². The Hall–Kier alpha value is -0.120. The second-order valence-corrected chi connectivity index (χ2v) is 6.72. The van der Waals surface area contributed by atoms with Gasteiger partial charge in [0, 0.05) is 25.7 Å². The van der Waals surface area contributed by atoms with Crippen LogP contribution in [0.5, 0.6) is 0 Å². The number of aliphatic hydroxyl groups excluding tert-OH is 1. The van der Waals surface area contributed by atoms with Gasteiger partial charge in [-0.3, -0.25) is 4.90 Å². The maximum absolute atomic E-state index is 9.61. The first kappa shape index (κ1) is 16.9. The number of nitrogens with zero attached hydrogens (tertiary/aromatic N) is 1. The summed E-state index contributed by atoms with van der Waals surface area (Å²) in [5, 5.41) is 9.61. The van der Waals surface area contributed by atoms with E-state index in [2.05, 4.69) is 25.7 Å². The summed E-state index contributed by atoms with van der Waals surface area (Å²) in [4.78, 5) is 2.42. The van der Waals surface area contributed by atoms with Gasteiger partial charge in [-0.1, -0.05) is 26.2 Å². The molecule has 0 aromatic carbocycles. The zero-order valence-corrected chi connectivity index (χ0v) is 13.3. The lowest BCUT2D eigenvalue weighted by Gasteiger charge is -2.41. The third-order valence-electron chi connectivity index (χ3n) is 4.76. The highest BCUT2D eigenvalue weighted by Crippen LogP contribution is 2.32. The summed E-state index contributed by atoms with van der Waals surface area (Å²) in [6.07, 6.45) is 6.82. The monoisotopic (exact) mass is 271 g/mol. The molecule has 3 heteroatoms. The van der Waals surface area contributed by atoms with Gasteiger partial charge < -0.3 is 9.84 Å². The fourth-order valence-electron chi connectivity index (χ4n) is 3.19. The first-order valence-electron chi connectivity index (χ1n) is 7.88. The van der Waals surface area contributed by atoms with E-state index in [1.807, 2.05) is 0 Å². The summed E-state index contributed by atoms with van der Waals surface area (Å²) in [5.41, 5.74) is -0.141. The lowest BCUT2D eigenvalue weighted by molar-refractivity contribution is 0.0175. The molecule has 2 atom stereocenters. The standard InChI is InChI=1S/C16H33NO2/c1-5-14-7-6-8-15(11-14)12-17(9-10-19-4)16(2,3)13-18/h14-15,18H,5-13H2,1-4H3/t14-,15+/m0/s1. The molecule has 0 spiro atoms. The molecule has 0 heterocycles. The van der Waals surface area contributed by atoms with Gasteiger partial charge in [0.05, 0.1) is 13.2 Å². The molecule has 0 saturated heterocycles. The van der Waals surface area contributed by atoms with E-state index in [9.17, 15) is 5.11 Å². The second kappa shape index (κ2) is 8.23. The molecule has 114 valence electrons. The Kier molecular flexibility index (Phi) is 7.33. The summed E-state index contributed by atoms with van der Waals surface area (Å²) in [5.74, 6) is 1.71. The van der Waals surface area contributed by atoms with Gasteiger partial charge in [-0.25, -0.2) is 0 Å². The van der Waals surface area contributed by atoms with Crippen molar-refractivity contribution >= 4 is 0 Å². The van der Waals surface area contributed by atoms with Crippen LogP contribution < -0.4 is 0 Å². The molecule has 1 rings (SSSR count). The van der Waals surface area contributed by atoms with Crippen molar-refractivity contribution in [2.75, 3.05) is 33.4 Å². The van der Waals surface area contributed by atoms with E-state index in [0.717, 1.165) is 31.5 Å². The van der Waals surface area contributed by atoms with E-state index in [1.54, 1.807) is 7.11 Å². The van der Waals surface area contributed by atoms with E-state index >= 15 is 0 Å². The Labute approximate surface area is 119 Å². The van der Waals surface area contributed by atoms with Crippen molar-refractivity contribution in [3.63, 3.8) is 0 Å². The highest BCUT2D eigenvalue weighted by Gasteiger charge is 2.30. The van der Waals surface area contributed by atoms with Crippen molar-refractivity contribution in [1.82, 2.24) is 4.90 Å². The zero-order chi connectivity index (χ0) is 14.3. The third-order valence-corrected chi connectivity index (χ3v) is 4.76. The predicted molar refractivity (Wildman–Crippen MR) is 80.4 cm³/mol. The van der Waals surface area contributed by atoms with Crippen LogP contribution in [0.15, 0.2) is 0 Å². The van der Waals surface area contributed by atoms with Gasteiger partial charge in [-0.05, 0) is 38.5 Å². The van der Waals surface area contributed by atoms with Crippen LogP contribution in [0.1, 0.15) is 52.9 Å². The lowest BCUT2D eigenvalue weighted by Crippen LogP contribution is -2.50. The molecule has 19 heavy (non-hydrogen) atoms. The summed E-state index contributed by atoms with van der Waals surface area (Å²) in [6, 6.07) is 0. The summed E-state index contributed by atoms with van der Waals surface area (Å²) in [6.45, 7) is 9.54. The molecule has 0 radical (unpaired) electrons. The van der Waals surface area contributed by atoms with Crippen LogP contribution in [0.2, 0.25) is 0 Å². The predicted octanol–water partition coefficient (Wildman–Crippen LogP) is 2.92. The third kappa shape index (κ3) is 5.41. The fraction of sp³-hybridized carbons (Fsp3) is 1.00. The van der Waals surface area contributed by atoms with Crippen molar-refractivity contribution in [2.45, 2.75) is 58.4 Å². The van der Waals surface area contributed by atoms with E-state index in [4.69, 9.17) is 4.74 Å². The summed E-state index contributed by atoms with van der Waals surface area (Å²) in [7, 11) is 1.75. The number of methoxy groups -OCH3 is 1. The normalized spacial score (nSPS) is 24.9. The number of rotatable bonds is 8. The SMILES string of the molecule is CC[C@H]1CCC[C@@H](CN(CCOC)C(C)(C)CO)C1. The van der Waals surface area contributed by atoms with Crippen molar-refractivity contribution in [1.29, 1.82) is 0 Å². The molecule has 1 saturated carbocycles. The minimum atomic E-state index is -0.141. The van der Waals surface area contributed by atoms with Crippen LogP contribution >= 0.6 is 0 Å². The van der Waals surface area contributed by atoms with E-state index < -0.39 is 0 Å². The largest absolute Gasteiger partial charge is 0.394 e. The van der Waals surface area contributed by atoms with Crippen LogP contribution in [0.3, 0.4) is 0 Å². The molecule has 0 aliphatic heterocycles. The average molecular weight is 271 g/mol. The Morgan fingerprint density at radius 3 is 2.53 bits per heavy atom. The van der Waals surface area contributed by atoms with E-state index in [1.165, 1.54) is 32.1 Å². The van der Waals surface area contributed by atoms with Gasteiger partial charge in [-0.2, -0.15) is 0 Å². The Morgan fingerprint density at radius 2 is 1.95 bits per heavy atom. The van der Waals surface area contributed by atoms with Gasteiger partial charge in [0.15, 0.2) is 0 Å².